The Kier molecular flexibility index (Phi) is 3.41. The molecule has 2 unspecified atom stereocenters. The van der Waals surface area contributed by atoms with Gasteiger partial charge in [-0.3, -0.25) is 0 Å². The summed E-state index contributed by atoms with van der Waals surface area (Å²) in [4.78, 5) is 4.46. The van der Waals surface area contributed by atoms with Crippen LogP contribution in [-0.2, 0) is 0 Å². The summed E-state index contributed by atoms with van der Waals surface area (Å²) in [6.45, 7) is 0. The Labute approximate surface area is 117 Å². The predicted molar refractivity (Wildman–Crippen MR) is 75.5 cm³/mol. The third-order valence-corrected chi connectivity index (χ3v) is 4.73. The lowest BCUT2D eigenvalue weighted by molar-refractivity contribution is 0.352. The first kappa shape index (κ1) is 12.2. The summed E-state index contributed by atoms with van der Waals surface area (Å²) in [6, 6.07) is 7.96. The Balaban J connectivity index is 1.87. The van der Waals surface area contributed by atoms with Crippen LogP contribution in [-0.4, -0.2) is 27.7 Å². The molecule has 1 aliphatic rings. The molecule has 1 aromatic carbocycles. The minimum absolute atomic E-state index is 0.119. The lowest BCUT2D eigenvalue weighted by atomic mass is 10.1. The highest BCUT2D eigenvalue weighted by Gasteiger charge is 2.30. The topological polar surface area (TPSA) is 64.9 Å². The van der Waals surface area contributed by atoms with Crippen molar-refractivity contribution < 1.29 is 4.52 Å². The van der Waals surface area contributed by atoms with Crippen molar-refractivity contribution in [2.75, 3.05) is 11.5 Å². The van der Waals surface area contributed by atoms with Crippen molar-refractivity contribution in [3.8, 4) is 11.4 Å². The number of rotatable bonds is 2. The minimum atomic E-state index is 0.119. The van der Waals surface area contributed by atoms with Gasteiger partial charge >= 0.3 is 0 Å². The van der Waals surface area contributed by atoms with Crippen molar-refractivity contribution in [2.24, 2.45) is 5.73 Å². The summed E-state index contributed by atoms with van der Waals surface area (Å²) in [7, 11) is 0. The lowest BCUT2D eigenvalue weighted by Crippen LogP contribution is -2.26. The number of halogens is 1. The standard InChI is InChI=1S/C12H12BrN3OS/c13-8-3-1-7(2-4-8)11-15-12(17-16-11)9-5-18-6-10(9)14/h1-4,9-10H,5-6,14H2. The van der Waals surface area contributed by atoms with Crippen molar-refractivity contribution >= 4 is 27.7 Å². The van der Waals surface area contributed by atoms with Crippen LogP contribution in [0.25, 0.3) is 11.4 Å². The van der Waals surface area contributed by atoms with Crippen LogP contribution in [0.3, 0.4) is 0 Å². The summed E-state index contributed by atoms with van der Waals surface area (Å²) in [5, 5.41) is 4.03. The molecule has 2 aromatic rings. The van der Waals surface area contributed by atoms with Crippen LogP contribution in [0.1, 0.15) is 11.8 Å². The number of benzene rings is 1. The van der Waals surface area contributed by atoms with E-state index in [1.165, 1.54) is 0 Å². The molecule has 1 fully saturated rings. The van der Waals surface area contributed by atoms with Gasteiger partial charge in [0.25, 0.3) is 0 Å². The summed E-state index contributed by atoms with van der Waals surface area (Å²) in [6.07, 6.45) is 0. The molecule has 6 heteroatoms. The van der Waals surface area contributed by atoms with Crippen LogP contribution in [0.4, 0.5) is 0 Å². The van der Waals surface area contributed by atoms with E-state index in [0.29, 0.717) is 11.7 Å². The van der Waals surface area contributed by atoms with Crippen molar-refractivity contribution in [3.05, 3.63) is 34.6 Å². The van der Waals surface area contributed by atoms with Gasteiger partial charge in [0.05, 0.1) is 5.92 Å². The smallest absolute Gasteiger partial charge is 0.232 e. The zero-order valence-electron chi connectivity index (χ0n) is 9.54. The number of hydrogen-bond donors (Lipinski definition) is 1. The van der Waals surface area contributed by atoms with Gasteiger partial charge in [-0.05, 0) is 24.3 Å². The second-order valence-electron chi connectivity index (χ2n) is 4.27. The lowest BCUT2D eigenvalue weighted by Gasteiger charge is -2.07. The molecule has 0 amide bonds. The molecule has 94 valence electrons. The number of thioether (sulfide) groups is 1. The van der Waals surface area contributed by atoms with Gasteiger partial charge in [-0.25, -0.2) is 0 Å². The fraction of sp³-hybridized carbons (Fsp3) is 0.333. The zero-order valence-corrected chi connectivity index (χ0v) is 11.9. The van der Waals surface area contributed by atoms with E-state index in [1.807, 2.05) is 36.0 Å². The van der Waals surface area contributed by atoms with Crippen LogP contribution < -0.4 is 5.73 Å². The molecule has 1 aliphatic heterocycles. The van der Waals surface area contributed by atoms with E-state index in [9.17, 15) is 0 Å². The maximum Gasteiger partial charge on any atom is 0.232 e. The van der Waals surface area contributed by atoms with Crippen LogP contribution in [0.15, 0.2) is 33.3 Å². The van der Waals surface area contributed by atoms with Crippen LogP contribution in [0.5, 0.6) is 0 Å². The normalized spacial score (nSPS) is 23.4. The van der Waals surface area contributed by atoms with Gasteiger partial charge in [-0.1, -0.05) is 21.1 Å². The molecule has 0 bridgehead atoms. The quantitative estimate of drug-likeness (QED) is 0.919. The number of aromatic nitrogens is 2. The van der Waals surface area contributed by atoms with E-state index in [4.69, 9.17) is 10.3 Å². The average molecular weight is 326 g/mol. The van der Waals surface area contributed by atoms with E-state index < -0.39 is 0 Å². The summed E-state index contributed by atoms with van der Waals surface area (Å²) < 4.78 is 6.37. The average Bonchev–Trinajstić information content (AvgIpc) is 2.98. The second kappa shape index (κ2) is 5.03. The highest BCUT2D eigenvalue weighted by molar-refractivity contribution is 9.10. The molecule has 0 aliphatic carbocycles. The van der Waals surface area contributed by atoms with E-state index in [-0.39, 0.29) is 12.0 Å². The van der Waals surface area contributed by atoms with Gasteiger partial charge in [0.2, 0.25) is 11.7 Å². The molecule has 0 spiro atoms. The van der Waals surface area contributed by atoms with E-state index >= 15 is 0 Å². The highest BCUT2D eigenvalue weighted by atomic mass is 79.9. The van der Waals surface area contributed by atoms with E-state index in [0.717, 1.165) is 21.5 Å². The molecule has 3 rings (SSSR count). The Morgan fingerprint density at radius 3 is 2.72 bits per heavy atom. The molecular weight excluding hydrogens is 314 g/mol. The molecule has 0 saturated carbocycles. The maximum absolute atomic E-state index is 6.02. The molecule has 2 atom stereocenters. The first-order valence-electron chi connectivity index (χ1n) is 5.67. The molecule has 1 aromatic heterocycles. The SMILES string of the molecule is NC1CSCC1c1nc(-c2ccc(Br)cc2)no1. The van der Waals surface area contributed by atoms with Crippen LogP contribution >= 0.6 is 27.7 Å². The van der Waals surface area contributed by atoms with Gasteiger partial charge in [0.1, 0.15) is 0 Å². The maximum atomic E-state index is 6.02. The fourth-order valence-corrected chi connectivity index (χ4v) is 3.48. The van der Waals surface area contributed by atoms with Gasteiger partial charge in [-0.15, -0.1) is 0 Å². The minimum Gasteiger partial charge on any atom is -0.339 e. The molecule has 0 radical (unpaired) electrons. The Bertz CT molecular complexity index is 543. The summed E-state index contributed by atoms with van der Waals surface area (Å²) >= 11 is 5.23. The molecule has 2 N–H and O–H groups in total. The third-order valence-electron chi connectivity index (χ3n) is 2.99. The van der Waals surface area contributed by atoms with Crippen LogP contribution in [0, 0.1) is 0 Å². The van der Waals surface area contributed by atoms with Crippen molar-refractivity contribution in [3.63, 3.8) is 0 Å². The van der Waals surface area contributed by atoms with Gasteiger partial charge in [-0.2, -0.15) is 16.7 Å². The van der Waals surface area contributed by atoms with Gasteiger partial charge < -0.3 is 10.3 Å². The molecule has 4 nitrogen and oxygen atoms in total. The largest absolute Gasteiger partial charge is 0.339 e. The summed E-state index contributed by atoms with van der Waals surface area (Å²) in [5.41, 5.74) is 6.98. The Morgan fingerprint density at radius 1 is 1.28 bits per heavy atom. The van der Waals surface area contributed by atoms with Gasteiger partial charge in [0.15, 0.2) is 0 Å². The van der Waals surface area contributed by atoms with Crippen molar-refractivity contribution in [2.45, 2.75) is 12.0 Å². The van der Waals surface area contributed by atoms with E-state index in [2.05, 4.69) is 26.1 Å². The number of nitrogens with two attached hydrogens (primary N) is 1. The Morgan fingerprint density at radius 2 is 2.06 bits per heavy atom. The Hall–Kier alpha value is -0.850. The van der Waals surface area contributed by atoms with Crippen LogP contribution in [0.2, 0.25) is 0 Å². The third kappa shape index (κ3) is 2.32. The molecular formula is C12H12BrN3OS. The van der Waals surface area contributed by atoms with E-state index in [1.54, 1.807) is 0 Å². The van der Waals surface area contributed by atoms with Crippen molar-refractivity contribution in [1.82, 2.24) is 10.1 Å². The first-order chi connectivity index (χ1) is 8.74. The van der Waals surface area contributed by atoms with Gasteiger partial charge in [0, 0.05) is 27.6 Å². The summed E-state index contributed by atoms with van der Waals surface area (Å²) in [5.74, 6) is 3.39. The monoisotopic (exact) mass is 325 g/mol. The molecule has 2 heterocycles. The van der Waals surface area contributed by atoms with Crippen molar-refractivity contribution in [1.29, 1.82) is 0 Å². The molecule has 18 heavy (non-hydrogen) atoms. The highest BCUT2D eigenvalue weighted by Crippen LogP contribution is 2.31. The molecule has 1 saturated heterocycles. The fourth-order valence-electron chi connectivity index (χ4n) is 1.93. The number of nitrogens with zero attached hydrogens (tertiary/aromatic N) is 2. The predicted octanol–water partition coefficient (Wildman–Crippen LogP) is 2.66. The zero-order chi connectivity index (χ0) is 12.5. The number of hydrogen-bond acceptors (Lipinski definition) is 5. The first-order valence-corrected chi connectivity index (χ1v) is 7.61. The second-order valence-corrected chi connectivity index (χ2v) is 6.26.